The third-order valence-corrected chi connectivity index (χ3v) is 16.6. The molecule has 0 bridgehead atoms. The molecule has 0 radical (unpaired) electrons. The number of nitrogens with one attached hydrogen (secondary N) is 1. The molecule has 76 heavy (non-hydrogen) atoms. The van der Waals surface area contributed by atoms with Crippen LogP contribution in [-0.2, 0) is 14.3 Å². The van der Waals surface area contributed by atoms with Crippen molar-refractivity contribution in [2.75, 3.05) is 13.2 Å². The summed E-state index contributed by atoms with van der Waals surface area (Å²) in [4.78, 5) is 24.5. The van der Waals surface area contributed by atoms with Crippen LogP contribution in [0.1, 0.15) is 399 Å². The predicted molar refractivity (Wildman–Crippen MR) is 333 cm³/mol. The number of carbonyl (C=O) groups excluding carboxylic acids is 2. The van der Waals surface area contributed by atoms with E-state index in [4.69, 9.17) is 4.74 Å². The highest BCUT2D eigenvalue weighted by molar-refractivity contribution is 5.76. The van der Waals surface area contributed by atoms with Crippen LogP contribution in [0.2, 0.25) is 0 Å². The Hall–Kier alpha value is -1.40. The van der Waals surface area contributed by atoms with Gasteiger partial charge >= 0.3 is 5.97 Å². The number of esters is 1. The average molecular weight is 1070 g/mol. The van der Waals surface area contributed by atoms with E-state index in [9.17, 15) is 19.8 Å². The van der Waals surface area contributed by atoms with Gasteiger partial charge in [-0.15, -0.1) is 0 Å². The molecule has 0 aromatic rings. The maximum Gasteiger partial charge on any atom is 0.305 e. The Kier molecular flexibility index (Phi) is 64.9. The quantitative estimate of drug-likeness (QED) is 0.0320. The van der Waals surface area contributed by atoms with Crippen LogP contribution in [0.25, 0.3) is 0 Å². The summed E-state index contributed by atoms with van der Waals surface area (Å²) in [5, 5.41) is 23.3. The molecule has 452 valence electrons. The van der Waals surface area contributed by atoms with Crippen LogP contribution >= 0.6 is 0 Å². The van der Waals surface area contributed by atoms with Gasteiger partial charge in [-0.05, 0) is 51.4 Å². The number of hydrogen-bond acceptors (Lipinski definition) is 5. The largest absolute Gasteiger partial charge is 0.466 e. The van der Waals surface area contributed by atoms with E-state index in [0.717, 1.165) is 38.5 Å². The molecule has 0 aliphatic rings. The van der Waals surface area contributed by atoms with Crippen LogP contribution in [0.15, 0.2) is 12.2 Å². The third kappa shape index (κ3) is 61.8. The lowest BCUT2D eigenvalue weighted by Crippen LogP contribution is -2.45. The van der Waals surface area contributed by atoms with Crippen molar-refractivity contribution in [2.24, 2.45) is 0 Å². The average Bonchev–Trinajstić information content (AvgIpc) is 3.42. The van der Waals surface area contributed by atoms with Gasteiger partial charge in [0, 0.05) is 12.8 Å². The summed E-state index contributed by atoms with van der Waals surface area (Å²) in [6, 6.07) is -0.537. The molecule has 0 spiro atoms. The first-order chi connectivity index (χ1) is 37.5. The zero-order valence-corrected chi connectivity index (χ0v) is 51.8. The van der Waals surface area contributed by atoms with Crippen molar-refractivity contribution in [3.63, 3.8) is 0 Å². The molecule has 0 saturated carbocycles. The minimum absolute atomic E-state index is 0.0219. The maximum absolute atomic E-state index is 12.5. The smallest absolute Gasteiger partial charge is 0.305 e. The highest BCUT2D eigenvalue weighted by Gasteiger charge is 2.20. The molecule has 3 N–H and O–H groups in total. The molecule has 0 saturated heterocycles. The minimum atomic E-state index is -0.660. The fraction of sp³-hybridized carbons (Fsp3) is 0.943. The summed E-state index contributed by atoms with van der Waals surface area (Å²) in [7, 11) is 0. The van der Waals surface area contributed by atoms with Gasteiger partial charge in [0.2, 0.25) is 5.91 Å². The van der Waals surface area contributed by atoms with Gasteiger partial charge in [0.05, 0.1) is 25.4 Å². The normalized spacial score (nSPS) is 12.5. The van der Waals surface area contributed by atoms with Gasteiger partial charge in [0.1, 0.15) is 0 Å². The number of unbranched alkanes of at least 4 members (excludes halogenated alkanes) is 53. The van der Waals surface area contributed by atoms with Gasteiger partial charge in [-0.25, -0.2) is 0 Å². The number of amides is 1. The van der Waals surface area contributed by atoms with E-state index in [-0.39, 0.29) is 18.5 Å². The standard InChI is InChI=1S/C70H137NO5/c1-3-5-7-9-11-13-15-17-36-40-44-48-52-56-60-64-70(75)76-65-61-57-53-49-45-41-38-35-33-31-29-27-25-23-21-19-18-20-22-24-26-28-30-32-34-37-39-43-47-51-55-59-63-69(74)71-67(66-72)68(73)62-58-54-50-46-42-16-14-12-10-8-6-4-2/h21,23,67-68,72-73H,3-20,22,24-66H2,1-2H3,(H,71,74)/b23-21-. The molecular formula is C70H137NO5. The zero-order valence-electron chi connectivity index (χ0n) is 51.8. The van der Waals surface area contributed by atoms with Crippen LogP contribution in [-0.4, -0.2) is 47.4 Å². The Labute approximate surface area is 476 Å². The fourth-order valence-electron chi connectivity index (χ4n) is 11.2. The van der Waals surface area contributed by atoms with Crippen LogP contribution < -0.4 is 5.32 Å². The molecule has 0 fully saturated rings. The Morgan fingerprint density at radius 3 is 0.934 bits per heavy atom. The van der Waals surface area contributed by atoms with Gasteiger partial charge in [0.15, 0.2) is 0 Å². The number of aliphatic hydroxyl groups is 2. The number of allylic oxidation sites excluding steroid dienone is 2. The van der Waals surface area contributed by atoms with Crippen LogP contribution in [0.4, 0.5) is 0 Å². The SMILES string of the molecule is CCCCCCCCCCCCCCCCCC(=O)OCCCCCCCCCCCCCC/C=C\CCCCCCCCCCCCCCCCCCC(=O)NC(CO)C(O)CCCCCCCCCCCCCC. The van der Waals surface area contributed by atoms with Gasteiger partial charge in [-0.3, -0.25) is 9.59 Å². The molecule has 0 aromatic heterocycles. The summed E-state index contributed by atoms with van der Waals surface area (Å²) >= 11 is 0. The second kappa shape index (κ2) is 66.1. The van der Waals surface area contributed by atoms with E-state index in [0.29, 0.717) is 25.9 Å². The van der Waals surface area contributed by atoms with Crippen molar-refractivity contribution in [1.29, 1.82) is 0 Å². The van der Waals surface area contributed by atoms with E-state index in [1.54, 1.807) is 0 Å². The first kappa shape index (κ1) is 74.6. The predicted octanol–water partition coefficient (Wildman–Crippen LogP) is 22.4. The molecule has 0 aliphatic heterocycles. The molecule has 2 unspecified atom stereocenters. The van der Waals surface area contributed by atoms with Crippen LogP contribution in [0.5, 0.6) is 0 Å². The lowest BCUT2D eigenvalue weighted by molar-refractivity contribution is -0.143. The van der Waals surface area contributed by atoms with Crippen LogP contribution in [0, 0.1) is 0 Å². The molecule has 0 aliphatic carbocycles. The molecule has 0 rings (SSSR count). The lowest BCUT2D eigenvalue weighted by Gasteiger charge is -2.22. The number of carbonyl (C=O) groups is 2. The Morgan fingerprint density at radius 2 is 0.618 bits per heavy atom. The summed E-state index contributed by atoms with van der Waals surface area (Å²) in [6.45, 7) is 4.99. The maximum atomic E-state index is 12.5. The zero-order chi connectivity index (χ0) is 55.0. The highest BCUT2D eigenvalue weighted by atomic mass is 16.5. The minimum Gasteiger partial charge on any atom is -0.466 e. The molecule has 0 heterocycles. The number of hydrogen-bond donors (Lipinski definition) is 3. The number of rotatable bonds is 66. The van der Waals surface area contributed by atoms with Gasteiger partial charge < -0.3 is 20.3 Å². The fourth-order valence-corrected chi connectivity index (χ4v) is 11.2. The van der Waals surface area contributed by atoms with Crippen molar-refractivity contribution in [1.82, 2.24) is 5.32 Å². The molecule has 6 heteroatoms. The molecular weight excluding hydrogens is 935 g/mol. The van der Waals surface area contributed by atoms with Gasteiger partial charge in [-0.2, -0.15) is 0 Å². The summed E-state index contributed by atoms with van der Waals surface area (Å²) in [6.07, 6.45) is 81.3. The van der Waals surface area contributed by atoms with Crippen molar-refractivity contribution in [3.8, 4) is 0 Å². The van der Waals surface area contributed by atoms with Gasteiger partial charge in [0.25, 0.3) is 0 Å². The first-order valence-electron chi connectivity index (χ1n) is 34.9. The monoisotopic (exact) mass is 1070 g/mol. The molecule has 2 atom stereocenters. The molecule has 1 amide bonds. The van der Waals surface area contributed by atoms with Crippen molar-refractivity contribution in [2.45, 2.75) is 411 Å². The topological polar surface area (TPSA) is 95.9 Å². The van der Waals surface area contributed by atoms with E-state index >= 15 is 0 Å². The number of aliphatic hydroxyl groups excluding tert-OH is 2. The van der Waals surface area contributed by atoms with E-state index in [1.807, 2.05) is 0 Å². The van der Waals surface area contributed by atoms with E-state index in [1.165, 1.54) is 327 Å². The molecule has 6 nitrogen and oxygen atoms in total. The summed E-state index contributed by atoms with van der Waals surface area (Å²) in [5.41, 5.74) is 0. The Balaban J connectivity index is 3.32. The highest BCUT2D eigenvalue weighted by Crippen LogP contribution is 2.19. The molecule has 0 aromatic carbocycles. The third-order valence-electron chi connectivity index (χ3n) is 16.6. The van der Waals surface area contributed by atoms with Crippen molar-refractivity contribution < 1.29 is 24.5 Å². The lowest BCUT2D eigenvalue weighted by atomic mass is 10.0. The Bertz CT molecular complexity index is 1140. The Morgan fingerprint density at radius 1 is 0.355 bits per heavy atom. The first-order valence-corrected chi connectivity index (χ1v) is 34.9. The second-order valence-corrected chi connectivity index (χ2v) is 24.2. The van der Waals surface area contributed by atoms with E-state index in [2.05, 4.69) is 31.3 Å². The summed E-state index contributed by atoms with van der Waals surface area (Å²) < 4.78 is 5.50. The van der Waals surface area contributed by atoms with Crippen molar-refractivity contribution in [3.05, 3.63) is 12.2 Å². The second-order valence-electron chi connectivity index (χ2n) is 24.2. The van der Waals surface area contributed by atoms with Crippen molar-refractivity contribution >= 4 is 11.9 Å². The number of ether oxygens (including phenoxy) is 1. The summed E-state index contributed by atoms with van der Waals surface area (Å²) in [5.74, 6) is -0.00861. The van der Waals surface area contributed by atoms with Crippen LogP contribution in [0.3, 0.4) is 0 Å². The van der Waals surface area contributed by atoms with E-state index < -0.39 is 12.1 Å². The van der Waals surface area contributed by atoms with Gasteiger partial charge in [-0.1, -0.05) is 347 Å².